The zero-order valence-corrected chi connectivity index (χ0v) is 12.9. The van der Waals surface area contributed by atoms with Crippen LogP contribution in [0, 0.1) is 24.0 Å². The van der Waals surface area contributed by atoms with Crippen LogP contribution < -0.4 is 10.0 Å². The third-order valence-corrected chi connectivity index (χ3v) is 5.41. The van der Waals surface area contributed by atoms with E-state index in [1.165, 1.54) is 12.1 Å². The maximum absolute atomic E-state index is 12.5. The molecule has 0 aliphatic carbocycles. The molecule has 7 nitrogen and oxygen atoms in total. The first-order valence-corrected chi connectivity index (χ1v) is 8.28. The summed E-state index contributed by atoms with van der Waals surface area (Å²) in [5, 5.41) is 14.0. The van der Waals surface area contributed by atoms with E-state index >= 15 is 0 Å². The molecule has 0 unspecified atom stereocenters. The topological polar surface area (TPSA) is 101 Å². The standard InChI is InChI=1S/C13H19N3O4S/c1-9-7-12(16(17)18)8-10(2)13(9)21(19,20)15-11-3-5-14-6-4-11/h7-8,11,14-15H,3-6H2,1-2H3. The number of hydrogen-bond acceptors (Lipinski definition) is 5. The SMILES string of the molecule is Cc1cc([N+](=O)[O-])cc(C)c1S(=O)(=O)NC1CCNCC1. The van der Waals surface area contributed by atoms with Gasteiger partial charge in [0.15, 0.2) is 0 Å². The molecule has 0 spiro atoms. The molecule has 1 aliphatic heterocycles. The normalized spacial score (nSPS) is 16.9. The highest BCUT2D eigenvalue weighted by Gasteiger charge is 2.26. The lowest BCUT2D eigenvalue weighted by molar-refractivity contribution is -0.385. The van der Waals surface area contributed by atoms with Gasteiger partial charge in [0.25, 0.3) is 5.69 Å². The summed E-state index contributed by atoms with van der Waals surface area (Å²) in [6, 6.07) is 2.50. The predicted octanol–water partition coefficient (Wildman–Crippen LogP) is 1.24. The number of sulfonamides is 1. The molecule has 1 aromatic carbocycles. The van der Waals surface area contributed by atoms with E-state index in [-0.39, 0.29) is 16.6 Å². The maximum Gasteiger partial charge on any atom is 0.270 e. The lowest BCUT2D eigenvalue weighted by atomic mass is 10.1. The lowest BCUT2D eigenvalue weighted by Crippen LogP contribution is -2.42. The predicted molar refractivity (Wildman–Crippen MR) is 78.8 cm³/mol. The van der Waals surface area contributed by atoms with Crippen LogP contribution in [0.15, 0.2) is 17.0 Å². The molecule has 1 fully saturated rings. The van der Waals surface area contributed by atoms with Crippen LogP contribution in [0.2, 0.25) is 0 Å². The van der Waals surface area contributed by atoms with Crippen molar-refractivity contribution in [2.75, 3.05) is 13.1 Å². The van der Waals surface area contributed by atoms with E-state index in [2.05, 4.69) is 10.0 Å². The van der Waals surface area contributed by atoms with Gasteiger partial charge in [0.2, 0.25) is 10.0 Å². The fraction of sp³-hybridized carbons (Fsp3) is 0.538. The molecule has 116 valence electrons. The monoisotopic (exact) mass is 313 g/mol. The third kappa shape index (κ3) is 3.58. The average Bonchev–Trinajstić information content (AvgIpc) is 2.37. The summed E-state index contributed by atoms with van der Waals surface area (Å²) in [5.74, 6) is 0. The molecule has 2 rings (SSSR count). The van der Waals surface area contributed by atoms with Gasteiger partial charge in [-0.1, -0.05) is 0 Å². The fourth-order valence-corrected chi connectivity index (χ4v) is 4.43. The van der Waals surface area contributed by atoms with E-state index in [4.69, 9.17) is 0 Å². The van der Waals surface area contributed by atoms with Gasteiger partial charge in [-0.3, -0.25) is 10.1 Å². The molecule has 21 heavy (non-hydrogen) atoms. The smallest absolute Gasteiger partial charge is 0.270 e. The summed E-state index contributed by atoms with van der Waals surface area (Å²) in [7, 11) is -3.66. The van der Waals surface area contributed by atoms with E-state index in [0.717, 1.165) is 25.9 Å². The molecular weight excluding hydrogens is 294 g/mol. The van der Waals surface area contributed by atoms with Gasteiger partial charge in [-0.05, 0) is 50.9 Å². The summed E-state index contributed by atoms with van der Waals surface area (Å²) in [6.45, 7) is 4.73. The number of rotatable bonds is 4. The number of nitrogens with one attached hydrogen (secondary N) is 2. The molecule has 1 heterocycles. The van der Waals surface area contributed by atoms with Crippen LogP contribution in [0.5, 0.6) is 0 Å². The van der Waals surface area contributed by atoms with Gasteiger partial charge in [0, 0.05) is 18.2 Å². The first-order valence-electron chi connectivity index (χ1n) is 6.80. The lowest BCUT2D eigenvalue weighted by Gasteiger charge is -2.24. The molecule has 0 amide bonds. The van der Waals surface area contributed by atoms with Crippen molar-refractivity contribution in [3.63, 3.8) is 0 Å². The summed E-state index contributed by atoms with van der Waals surface area (Å²) >= 11 is 0. The quantitative estimate of drug-likeness (QED) is 0.643. The first kappa shape index (κ1) is 15.9. The van der Waals surface area contributed by atoms with E-state index in [0.29, 0.717) is 11.1 Å². The van der Waals surface area contributed by atoms with Gasteiger partial charge in [-0.15, -0.1) is 0 Å². The minimum Gasteiger partial charge on any atom is -0.317 e. The number of piperidine rings is 1. The Morgan fingerprint density at radius 1 is 1.24 bits per heavy atom. The molecule has 1 aromatic rings. The van der Waals surface area contributed by atoms with E-state index in [1.807, 2.05) is 0 Å². The highest BCUT2D eigenvalue weighted by molar-refractivity contribution is 7.89. The van der Waals surface area contributed by atoms with E-state index in [9.17, 15) is 18.5 Å². The number of aryl methyl sites for hydroxylation is 2. The van der Waals surface area contributed by atoms with E-state index < -0.39 is 14.9 Å². The minimum absolute atomic E-state index is 0.0918. The number of benzene rings is 1. The largest absolute Gasteiger partial charge is 0.317 e. The summed E-state index contributed by atoms with van der Waals surface area (Å²) in [5.41, 5.74) is 0.692. The van der Waals surface area contributed by atoms with Gasteiger partial charge in [0.1, 0.15) is 0 Å². The van der Waals surface area contributed by atoms with Crippen LogP contribution in [0.25, 0.3) is 0 Å². The van der Waals surface area contributed by atoms with Gasteiger partial charge < -0.3 is 5.32 Å². The Morgan fingerprint density at radius 2 is 1.76 bits per heavy atom. The number of nitro benzene ring substituents is 1. The van der Waals surface area contributed by atoms with Crippen LogP contribution in [0.3, 0.4) is 0 Å². The van der Waals surface area contributed by atoms with Gasteiger partial charge in [-0.25, -0.2) is 13.1 Å². The maximum atomic E-state index is 12.5. The molecule has 2 N–H and O–H groups in total. The van der Waals surface area contributed by atoms with Crippen molar-refractivity contribution in [1.29, 1.82) is 0 Å². The summed E-state index contributed by atoms with van der Waals surface area (Å²) < 4.78 is 27.7. The van der Waals surface area contributed by atoms with Crippen molar-refractivity contribution in [3.05, 3.63) is 33.4 Å². The van der Waals surface area contributed by atoms with Gasteiger partial charge >= 0.3 is 0 Å². The first-order chi connectivity index (χ1) is 9.81. The molecular formula is C13H19N3O4S. The third-order valence-electron chi connectivity index (χ3n) is 3.59. The Kier molecular flexibility index (Phi) is 4.60. The number of hydrogen-bond donors (Lipinski definition) is 2. The minimum atomic E-state index is -3.66. The van der Waals surface area contributed by atoms with Crippen molar-refractivity contribution in [2.45, 2.75) is 37.6 Å². The summed E-state index contributed by atoms with van der Waals surface area (Å²) in [4.78, 5) is 10.4. The molecule has 0 bridgehead atoms. The zero-order chi connectivity index (χ0) is 15.6. The zero-order valence-electron chi connectivity index (χ0n) is 12.0. The molecule has 0 saturated carbocycles. The van der Waals surface area contributed by atoms with E-state index in [1.54, 1.807) is 13.8 Å². The van der Waals surface area contributed by atoms with Crippen LogP contribution in [-0.2, 0) is 10.0 Å². The Labute approximate surface area is 123 Å². The Bertz CT molecular complexity index is 628. The Hall–Kier alpha value is -1.51. The van der Waals surface area contributed by atoms with Crippen LogP contribution in [0.4, 0.5) is 5.69 Å². The van der Waals surface area contributed by atoms with Crippen LogP contribution in [-0.4, -0.2) is 32.5 Å². The Morgan fingerprint density at radius 3 is 2.24 bits per heavy atom. The Balaban J connectivity index is 2.33. The second-order valence-corrected chi connectivity index (χ2v) is 6.96. The second kappa shape index (κ2) is 6.08. The molecule has 0 radical (unpaired) electrons. The fourth-order valence-electron chi connectivity index (χ4n) is 2.67. The molecule has 1 saturated heterocycles. The number of non-ortho nitro benzene ring substituents is 1. The highest BCUT2D eigenvalue weighted by Crippen LogP contribution is 2.26. The number of nitro groups is 1. The second-order valence-electron chi connectivity index (χ2n) is 5.31. The highest BCUT2D eigenvalue weighted by atomic mass is 32.2. The van der Waals surface area contributed by atoms with Crippen LogP contribution >= 0.6 is 0 Å². The van der Waals surface area contributed by atoms with Crippen LogP contribution in [0.1, 0.15) is 24.0 Å². The van der Waals surface area contributed by atoms with Crippen molar-refractivity contribution in [2.24, 2.45) is 0 Å². The molecule has 1 aliphatic rings. The van der Waals surface area contributed by atoms with Crippen molar-refractivity contribution < 1.29 is 13.3 Å². The summed E-state index contributed by atoms with van der Waals surface area (Å²) in [6.07, 6.45) is 1.48. The average molecular weight is 313 g/mol. The van der Waals surface area contributed by atoms with Gasteiger partial charge in [-0.2, -0.15) is 0 Å². The van der Waals surface area contributed by atoms with Crippen molar-refractivity contribution in [3.8, 4) is 0 Å². The molecule has 8 heteroatoms. The number of nitrogens with zero attached hydrogens (tertiary/aromatic N) is 1. The van der Waals surface area contributed by atoms with Crippen molar-refractivity contribution in [1.82, 2.24) is 10.0 Å². The van der Waals surface area contributed by atoms with Gasteiger partial charge in [0.05, 0.1) is 9.82 Å². The molecule has 0 atom stereocenters. The molecule has 0 aromatic heterocycles. The van der Waals surface area contributed by atoms with Crippen molar-refractivity contribution >= 4 is 15.7 Å².